The average molecular weight is 168 g/mol. The second kappa shape index (κ2) is 2.57. The zero-order chi connectivity index (χ0) is 7.73. The maximum atomic E-state index is 6.20. The van der Waals surface area contributed by atoms with Gasteiger partial charge in [-0.1, -0.05) is 12.8 Å². The van der Waals surface area contributed by atoms with Crippen LogP contribution in [0.1, 0.15) is 30.6 Å². The van der Waals surface area contributed by atoms with E-state index in [1.54, 1.807) is 11.5 Å². The fourth-order valence-corrected chi connectivity index (χ4v) is 2.47. The van der Waals surface area contributed by atoms with Crippen molar-refractivity contribution in [3.63, 3.8) is 0 Å². The van der Waals surface area contributed by atoms with Gasteiger partial charge in [-0.25, -0.2) is 4.37 Å². The number of nitrogens with zero attached hydrogens (tertiary/aromatic N) is 1. The Morgan fingerprint density at radius 2 is 2.18 bits per heavy atom. The molecule has 1 aliphatic rings. The Labute approximate surface area is 70.6 Å². The lowest BCUT2D eigenvalue weighted by Crippen LogP contribution is -2.31. The molecule has 1 aliphatic carbocycles. The van der Waals surface area contributed by atoms with E-state index >= 15 is 0 Å². The minimum atomic E-state index is -0.0266. The first-order chi connectivity index (χ1) is 5.31. The molecule has 2 nitrogen and oxygen atoms in total. The second-order valence-corrected chi connectivity index (χ2v) is 4.07. The maximum Gasteiger partial charge on any atom is 0.0519 e. The molecule has 1 aromatic rings. The molecule has 0 spiro atoms. The Morgan fingerprint density at radius 1 is 1.45 bits per heavy atom. The zero-order valence-corrected chi connectivity index (χ0v) is 7.23. The molecule has 0 amide bonds. The van der Waals surface area contributed by atoms with Gasteiger partial charge in [0.05, 0.1) is 5.54 Å². The van der Waals surface area contributed by atoms with Crippen molar-refractivity contribution in [2.24, 2.45) is 5.73 Å². The smallest absolute Gasteiger partial charge is 0.0519 e. The highest BCUT2D eigenvalue weighted by Gasteiger charge is 2.32. The van der Waals surface area contributed by atoms with Crippen LogP contribution in [0.5, 0.6) is 0 Å². The molecule has 1 heterocycles. The van der Waals surface area contributed by atoms with Crippen molar-refractivity contribution < 1.29 is 0 Å². The van der Waals surface area contributed by atoms with Gasteiger partial charge in [0.1, 0.15) is 0 Å². The molecule has 1 aromatic heterocycles. The van der Waals surface area contributed by atoms with E-state index in [0.29, 0.717) is 0 Å². The molecule has 0 atom stereocenters. The van der Waals surface area contributed by atoms with E-state index in [2.05, 4.69) is 10.4 Å². The number of rotatable bonds is 1. The van der Waals surface area contributed by atoms with Crippen LogP contribution in [0.25, 0.3) is 0 Å². The molecule has 2 N–H and O–H groups in total. The van der Waals surface area contributed by atoms with E-state index in [9.17, 15) is 0 Å². The Kier molecular flexibility index (Phi) is 1.69. The number of nitrogens with two attached hydrogens (primary N) is 1. The third kappa shape index (κ3) is 1.19. The van der Waals surface area contributed by atoms with E-state index in [1.165, 1.54) is 17.7 Å². The maximum absolute atomic E-state index is 6.20. The van der Waals surface area contributed by atoms with Crippen molar-refractivity contribution in [1.82, 2.24) is 4.37 Å². The lowest BCUT2D eigenvalue weighted by molar-refractivity contribution is 0.472. The Balaban J connectivity index is 2.27. The van der Waals surface area contributed by atoms with E-state index in [1.807, 2.05) is 6.20 Å². The summed E-state index contributed by atoms with van der Waals surface area (Å²) >= 11 is 1.54. The summed E-state index contributed by atoms with van der Waals surface area (Å²) in [5.74, 6) is 0. The van der Waals surface area contributed by atoms with Gasteiger partial charge in [0, 0.05) is 11.1 Å². The normalized spacial score (nSPS) is 22.3. The lowest BCUT2D eigenvalue weighted by Gasteiger charge is -2.20. The van der Waals surface area contributed by atoms with Crippen LogP contribution in [0.3, 0.4) is 0 Å². The first kappa shape index (κ1) is 7.25. The summed E-state index contributed by atoms with van der Waals surface area (Å²) in [5.41, 5.74) is 6.17. The van der Waals surface area contributed by atoms with Gasteiger partial charge < -0.3 is 5.73 Å². The first-order valence-electron chi connectivity index (χ1n) is 4.01. The topological polar surface area (TPSA) is 38.9 Å². The van der Waals surface area contributed by atoms with Crippen molar-refractivity contribution in [2.45, 2.75) is 31.2 Å². The molecule has 1 saturated carbocycles. The molecule has 0 aliphatic heterocycles. The third-order valence-corrected chi connectivity index (χ3v) is 3.39. The van der Waals surface area contributed by atoms with Gasteiger partial charge in [0.15, 0.2) is 0 Å². The summed E-state index contributed by atoms with van der Waals surface area (Å²) in [6, 6.07) is 2.05. The molecule has 11 heavy (non-hydrogen) atoms. The Hall–Kier alpha value is -0.410. The fourth-order valence-electron chi connectivity index (χ4n) is 1.72. The molecule has 0 aromatic carbocycles. The molecular weight excluding hydrogens is 156 g/mol. The van der Waals surface area contributed by atoms with Crippen LogP contribution in [0, 0.1) is 0 Å². The molecule has 60 valence electrons. The molecular formula is C8H12N2S. The molecule has 1 fully saturated rings. The summed E-state index contributed by atoms with van der Waals surface area (Å²) in [4.78, 5) is 1.26. The number of hydrogen-bond acceptors (Lipinski definition) is 3. The Bertz CT molecular complexity index is 224. The van der Waals surface area contributed by atoms with Gasteiger partial charge in [0.25, 0.3) is 0 Å². The van der Waals surface area contributed by atoms with E-state index in [4.69, 9.17) is 5.73 Å². The van der Waals surface area contributed by atoms with E-state index < -0.39 is 0 Å². The van der Waals surface area contributed by atoms with Crippen LogP contribution in [-0.4, -0.2) is 4.37 Å². The fraction of sp³-hybridized carbons (Fsp3) is 0.625. The summed E-state index contributed by atoms with van der Waals surface area (Å²) in [7, 11) is 0. The molecule has 3 heteroatoms. The van der Waals surface area contributed by atoms with Crippen molar-refractivity contribution in [3.8, 4) is 0 Å². The van der Waals surface area contributed by atoms with Crippen molar-refractivity contribution in [2.75, 3.05) is 0 Å². The van der Waals surface area contributed by atoms with Gasteiger partial charge in [0.2, 0.25) is 0 Å². The SMILES string of the molecule is NC1(c2ccns2)CCCC1. The van der Waals surface area contributed by atoms with Gasteiger partial charge >= 0.3 is 0 Å². The second-order valence-electron chi connectivity index (χ2n) is 3.24. The highest BCUT2D eigenvalue weighted by molar-refractivity contribution is 7.05. The van der Waals surface area contributed by atoms with Crippen LogP contribution in [0.2, 0.25) is 0 Å². The standard InChI is InChI=1S/C8H12N2S/c9-8(4-1-2-5-8)7-3-6-10-11-7/h3,6H,1-2,4-5,9H2. The van der Waals surface area contributed by atoms with Gasteiger partial charge in [-0.3, -0.25) is 0 Å². The molecule has 0 radical (unpaired) electrons. The van der Waals surface area contributed by atoms with E-state index in [-0.39, 0.29) is 5.54 Å². The van der Waals surface area contributed by atoms with Crippen LogP contribution >= 0.6 is 11.5 Å². The van der Waals surface area contributed by atoms with Crippen molar-refractivity contribution >= 4 is 11.5 Å². The van der Waals surface area contributed by atoms with Crippen LogP contribution in [0.4, 0.5) is 0 Å². The largest absolute Gasteiger partial charge is 0.321 e. The highest BCUT2D eigenvalue weighted by Crippen LogP contribution is 2.37. The quantitative estimate of drug-likeness (QED) is 0.695. The molecule has 0 saturated heterocycles. The molecule has 2 rings (SSSR count). The van der Waals surface area contributed by atoms with Crippen LogP contribution in [-0.2, 0) is 5.54 Å². The summed E-state index contributed by atoms with van der Waals surface area (Å²) in [6.45, 7) is 0. The predicted molar refractivity (Wildman–Crippen MR) is 46.4 cm³/mol. The van der Waals surface area contributed by atoms with Gasteiger partial charge in [-0.2, -0.15) is 0 Å². The molecule has 0 bridgehead atoms. The van der Waals surface area contributed by atoms with Gasteiger partial charge in [-0.15, -0.1) is 0 Å². The first-order valence-corrected chi connectivity index (χ1v) is 4.79. The number of hydrogen-bond donors (Lipinski definition) is 1. The highest BCUT2D eigenvalue weighted by atomic mass is 32.1. The van der Waals surface area contributed by atoms with Gasteiger partial charge in [-0.05, 0) is 30.4 Å². The molecule has 0 unspecified atom stereocenters. The summed E-state index contributed by atoms with van der Waals surface area (Å²) in [5, 5.41) is 0. The average Bonchev–Trinajstić information content (AvgIpc) is 2.55. The van der Waals surface area contributed by atoms with Crippen molar-refractivity contribution in [1.29, 1.82) is 0 Å². The minimum Gasteiger partial charge on any atom is -0.321 e. The lowest BCUT2D eigenvalue weighted by atomic mass is 9.97. The number of aromatic nitrogens is 1. The summed E-state index contributed by atoms with van der Waals surface area (Å²) in [6.07, 6.45) is 6.65. The van der Waals surface area contributed by atoms with Crippen LogP contribution in [0.15, 0.2) is 12.3 Å². The van der Waals surface area contributed by atoms with E-state index in [0.717, 1.165) is 12.8 Å². The van der Waals surface area contributed by atoms with Crippen molar-refractivity contribution in [3.05, 3.63) is 17.1 Å². The minimum absolute atomic E-state index is 0.0266. The monoisotopic (exact) mass is 168 g/mol. The Morgan fingerprint density at radius 3 is 2.73 bits per heavy atom. The zero-order valence-electron chi connectivity index (χ0n) is 6.42. The van der Waals surface area contributed by atoms with Crippen LogP contribution < -0.4 is 5.73 Å². The predicted octanol–water partition coefficient (Wildman–Crippen LogP) is 1.87. The third-order valence-electron chi connectivity index (χ3n) is 2.42. The summed E-state index contributed by atoms with van der Waals surface area (Å²) < 4.78 is 4.07.